The predicted octanol–water partition coefficient (Wildman–Crippen LogP) is 17.4. The molecule has 0 aliphatic carbocycles. The summed E-state index contributed by atoms with van der Waals surface area (Å²) in [6, 6.07) is 80.4. The minimum atomic E-state index is 0.843. The van der Waals surface area contributed by atoms with E-state index in [4.69, 9.17) is 8.83 Å². The van der Waals surface area contributed by atoms with Gasteiger partial charge in [-0.15, -0.1) is 0 Å². The largest absolute Gasteiger partial charge is 0.455 e. The second-order valence-corrected chi connectivity index (χ2v) is 16.4. The Kier molecular flexibility index (Phi) is 7.91. The molecule has 0 fully saturated rings. The zero-order chi connectivity index (χ0) is 41.4. The highest BCUT2D eigenvalue weighted by atomic mass is 16.3. The Balaban J connectivity index is 0.990. The summed E-state index contributed by atoms with van der Waals surface area (Å²) in [5.41, 5.74) is 13.4. The lowest BCUT2D eigenvalue weighted by Crippen LogP contribution is -2.11. The molecule has 3 heteroatoms. The van der Waals surface area contributed by atoms with Gasteiger partial charge in [-0.05, 0) is 97.7 Å². The maximum atomic E-state index is 6.84. The first-order valence-electron chi connectivity index (χ1n) is 21.5. The molecule has 2 aromatic heterocycles. The van der Waals surface area contributed by atoms with Crippen molar-refractivity contribution in [1.82, 2.24) is 0 Å². The summed E-state index contributed by atoms with van der Waals surface area (Å²) in [5.74, 6) is 0. The van der Waals surface area contributed by atoms with Crippen LogP contribution in [-0.4, -0.2) is 0 Å². The fourth-order valence-corrected chi connectivity index (χ4v) is 9.84. The summed E-state index contributed by atoms with van der Waals surface area (Å²) >= 11 is 0. The van der Waals surface area contributed by atoms with Crippen LogP contribution in [0.4, 0.5) is 17.1 Å². The maximum Gasteiger partial charge on any atom is 0.143 e. The minimum absolute atomic E-state index is 0.843. The molecule has 2 heterocycles. The number of furan rings is 2. The van der Waals surface area contributed by atoms with E-state index in [2.05, 4.69) is 229 Å². The van der Waals surface area contributed by atoms with Gasteiger partial charge in [0.25, 0.3) is 0 Å². The first-order chi connectivity index (χ1) is 31.2. The fourth-order valence-electron chi connectivity index (χ4n) is 9.84. The van der Waals surface area contributed by atoms with Crippen molar-refractivity contribution >= 4 is 93.3 Å². The minimum Gasteiger partial charge on any atom is -0.455 e. The lowest BCUT2D eigenvalue weighted by atomic mass is 9.96. The summed E-state index contributed by atoms with van der Waals surface area (Å²) in [7, 11) is 0. The number of anilines is 3. The topological polar surface area (TPSA) is 29.5 Å². The summed E-state index contributed by atoms with van der Waals surface area (Å²) in [5, 5.41) is 11.5. The van der Waals surface area contributed by atoms with E-state index in [0.29, 0.717) is 0 Å². The number of rotatable bonds is 6. The van der Waals surface area contributed by atoms with Gasteiger partial charge in [0.1, 0.15) is 22.3 Å². The molecule has 0 radical (unpaired) electrons. The lowest BCUT2D eigenvalue weighted by molar-refractivity contribution is 0.670. The molecular weight excluding hydrogens is 767 g/mol. The monoisotopic (exact) mass is 803 g/mol. The molecule has 0 atom stereocenters. The number of benzene rings is 11. The van der Waals surface area contributed by atoms with E-state index in [0.717, 1.165) is 99.4 Å². The van der Waals surface area contributed by atoms with Crippen molar-refractivity contribution in [2.75, 3.05) is 4.90 Å². The van der Waals surface area contributed by atoms with Crippen molar-refractivity contribution in [2.45, 2.75) is 0 Å². The van der Waals surface area contributed by atoms with Gasteiger partial charge in [-0.3, -0.25) is 0 Å². The summed E-state index contributed by atoms with van der Waals surface area (Å²) in [6.45, 7) is 0. The summed E-state index contributed by atoms with van der Waals surface area (Å²) < 4.78 is 13.6. The third-order valence-electron chi connectivity index (χ3n) is 12.9. The highest BCUT2D eigenvalue weighted by molar-refractivity contribution is 6.20. The molecule has 11 aromatic carbocycles. The smallest absolute Gasteiger partial charge is 0.143 e. The van der Waals surface area contributed by atoms with Crippen LogP contribution in [0.2, 0.25) is 0 Å². The molecule has 0 aliphatic rings. The third kappa shape index (κ3) is 5.67. The van der Waals surface area contributed by atoms with Crippen molar-refractivity contribution in [2.24, 2.45) is 0 Å². The first kappa shape index (κ1) is 35.4. The summed E-state index contributed by atoms with van der Waals surface area (Å²) in [6.07, 6.45) is 0. The first-order valence-corrected chi connectivity index (χ1v) is 21.5. The molecule has 0 saturated heterocycles. The number of para-hydroxylation sites is 2. The Bertz CT molecular complexity index is 3910. The number of fused-ring (bicyclic) bond motifs is 10. The standard InChI is InChI=1S/C60H37NO2/c1-2-15-44-37-57-53(36-43(44)14-1)51-22-10-21-50(60(51)63-57)49-19-7-8-23-54(49)61(55-24-11-25-56-58(55)52-35-32-41-13-4-6-18-48(41)59(52)62-56)45-33-30-39(31-34-45)38-26-28-42(29-27-38)47-20-9-16-40-12-3-5-17-46(40)47/h1-37H. The molecule has 0 spiro atoms. The Labute approximate surface area is 363 Å². The van der Waals surface area contributed by atoms with Crippen molar-refractivity contribution in [3.8, 4) is 33.4 Å². The molecule has 3 nitrogen and oxygen atoms in total. The van der Waals surface area contributed by atoms with Crippen LogP contribution in [0.5, 0.6) is 0 Å². The fraction of sp³-hybridized carbons (Fsp3) is 0. The van der Waals surface area contributed by atoms with Crippen molar-refractivity contribution in [3.63, 3.8) is 0 Å². The molecule has 63 heavy (non-hydrogen) atoms. The molecule has 13 aromatic rings. The zero-order valence-electron chi connectivity index (χ0n) is 34.1. The highest BCUT2D eigenvalue weighted by Gasteiger charge is 2.24. The molecule has 0 amide bonds. The second-order valence-electron chi connectivity index (χ2n) is 16.4. The van der Waals surface area contributed by atoms with E-state index in [1.54, 1.807) is 0 Å². The molecule has 294 valence electrons. The normalized spacial score (nSPS) is 11.8. The highest BCUT2D eigenvalue weighted by Crippen LogP contribution is 2.48. The van der Waals surface area contributed by atoms with Gasteiger partial charge in [0.15, 0.2) is 0 Å². The quantitative estimate of drug-likeness (QED) is 0.168. The Morgan fingerprint density at radius 2 is 0.841 bits per heavy atom. The Morgan fingerprint density at radius 1 is 0.286 bits per heavy atom. The SMILES string of the molecule is c1ccc(N(c2ccc(-c3ccc(-c4cccc5ccccc45)cc3)cc2)c2cccc3oc4c5ccccc5ccc4c23)c(-c2cccc3c2oc2cc4ccccc4cc23)c1. The van der Waals surface area contributed by atoms with Crippen LogP contribution in [0, 0.1) is 0 Å². The third-order valence-corrected chi connectivity index (χ3v) is 12.9. The van der Waals surface area contributed by atoms with Crippen LogP contribution in [0.1, 0.15) is 0 Å². The van der Waals surface area contributed by atoms with Gasteiger partial charge in [0.05, 0.1) is 16.8 Å². The molecule has 0 aliphatic heterocycles. The Morgan fingerprint density at radius 3 is 1.67 bits per heavy atom. The van der Waals surface area contributed by atoms with E-state index < -0.39 is 0 Å². The van der Waals surface area contributed by atoms with E-state index in [1.165, 1.54) is 27.3 Å². The van der Waals surface area contributed by atoms with Gasteiger partial charge in [-0.1, -0.05) is 176 Å². The zero-order valence-corrected chi connectivity index (χ0v) is 34.1. The van der Waals surface area contributed by atoms with Gasteiger partial charge in [0.2, 0.25) is 0 Å². The lowest BCUT2D eigenvalue weighted by Gasteiger charge is -2.28. The van der Waals surface area contributed by atoms with Crippen LogP contribution < -0.4 is 4.90 Å². The van der Waals surface area contributed by atoms with Gasteiger partial charge in [-0.25, -0.2) is 0 Å². The molecule has 0 N–H and O–H groups in total. The van der Waals surface area contributed by atoms with E-state index >= 15 is 0 Å². The van der Waals surface area contributed by atoms with Crippen molar-refractivity contribution in [1.29, 1.82) is 0 Å². The van der Waals surface area contributed by atoms with Gasteiger partial charge in [0, 0.05) is 38.4 Å². The molecule has 0 saturated carbocycles. The predicted molar refractivity (Wildman–Crippen MR) is 265 cm³/mol. The molecule has 13 rings (SSSR count). The van der Waals surface area contributed by atoms with Crippen LogP contribution in [0.15, 0.2) is 233 Å². The van der Waals surface area contributed by atoms with Crippen LogP contribution in [0.3, 0.4) is 0 Å². The Hall–Kier alpha value is -8.40. The van der Waals surface area contributed by atoms with Crippen LogP contribution in [0.25, 0.3) is 110 Å². The number of hydrogen-bond acceptors (Lipinski definition) is 3. The van der Waals surface area contributed by atoms with E-state index in [-0.39, 0.29) is 0 Å². The van der Waals surface area contributed by atoms with Gasteiger partial charge >= 0.3 is 0 Å². The molecular formula is C60H37NO2. The van der Waals surface area contributed by atoms with E-state index in [1.807, 2.05) is 0 Å². The van der Waals surface area contributed by atoms with Gasteiger partial charge in [-0.2, -0.15) is 0 Å². The maximum absolute atomic E-state index is 6.84. The number of nitrogens with zero attached hydrogens (tertiary/aromatic N) is 1. The van der Waals surface area contributed by atoms with Gasteiger partial charge < -0.3 is 13.7 Å². The average Bonchev–Trinajstić information content (AvgIpc) is 3.92. The average molecular weight is 804 g/mol. The summed E-state index contributed by atoms with van der Waals surface area (Å²) in [4.78, 5) is 2.39. The van der Waals surface area contributed by atoms with Crippen LogP contribution in [-0.2, 0) is 0 Å². The van der Waals surface area contributed by atoms with Crippen molar-refractivity contribution in [3.05, 3.63) is 224 Å². The van der Waals surface area contributed by atoms with Crippen LogP contribution >= 0.6 is 0 Å². The number of hydrogen-bond donors (Lipinski definition) is 0. The molecule has 0 bridgehead atoms. The second kappa shape index (κ2) is 14.1. The van der Waals surface area contributed by atoms with Crippen molar-refractivity contribution < 1.29 is 8.83 Å². The molecule has 0 unspecified atom stereocenters. The van der Waals surface area contributed by atoms with E-state index in [9.17, 15) is 0 Å².